The van der Waals surface area contributed by atoms with Crippen molar-refractivity contribution >= 4 is 33.4 Å². The Morgan fingerprint density at radius 2 is 1.80 bits per heavy atom. The predicted octanol–water partition coefficient (Wildman–Crippen LogP) is 4.30. The first-order valence-corrected chi connectivity index (χ1v) is 11.4. The topological polar surface area (TPSA) is 106 Å². The van der Waals surface area contributed by atoms with Crippen LogP contribution in [0.1, 0.15) is 40.5 Å². The van der Waals surface area contributed by atoms with Crippen molar-refractivity contribution in [2.75, 3.05) is 24.4 Å². The minimum Gasteiger partial charge on any atom is -0.477 e. The number of anilines is 1. The lowest BCUT2D eigenvalue weighted by atomic mass is 10.1. The van der Waals surface area contributed by atoms with Gasteiger partial charge in [0.2, 0.25) is 5.88 Å². The second-order valence-electron chi connectivity index (χ2n) is 6.95. The number of carboxylic acid groups (broad SMARTS) is 1. The van der Waals surface area contributed by atoms with Crippen molar-refractivity contribution in [3.8, 4) is 11.6 Å². The van der Waals surface area contributed by atoms with Gasteiger partial charge in [0.1, 0.15) is 18.0 Å². The average Bonchev–Trinajstić information content (AvgIpc) is 2.60. The predicted molar refractivity (Wildman–Crippen MR) is 115 cm³/mol. The lowest BCUT2D eigenvalue weighted by Gasteiger charge is -2.26. The second kappa shape index (κ2) is 9.63. The summed E-state index contributed by atoms with van der Waals surface area (Å²) < 4.78 is 33.8. The summed E-state index contributed by atoms with van der Waals surface area (Å²) in [6.07, 6.45) is 1.58. The summed E-state index contributed by atoms with van der Waals surface area (Å²) in [7, 11) is -3.71. The Bertz CT molecular complexity index is 1030. The minimum absolute atomic E-state index is 0.0912. The average molecular weight is 457 g/mol. The lowest BCUT2D eigenvalue weighted by molar-refractivity contribution is 0.0694. The molecule has 10 heteroatoms. The Morgan fingerprint density at radius 3 is 2.30 bits per heavy atom. The van der Waals surface area contributed by atoms with Gasteiger partial charge < -0.3 is 14.7 Å². The summed E-state index contributed by atoms with van der Waals surface area (Å²) in [6.45, 7) is 7.24. The van der Waals surface area contributed by atoms with Crippen molar-refractivity contribution < 1.29 is 27.2 Å². The number of benzene rings is 1. The zero-order valence-electron chi connectivity index (χ0n) is 17.5. The van der Waals surface area contributed by atoms with Gasteiger partial charge in [0.25, 0.3) is 10.1 Å². The molecule has 0 saturated heterocycles. The molecule has 2 aromatic rings. The van der Waals surface area contributed by atoms with E-state index in [1.54, 1.807) is 39.0 Å². The Hall–Kier alpha value is -2.36. The number of hydrogen-bond acceptors (Lipinski definition) is 7. The highest BCUT2D eigenvalue weighted by atomic mass is 35.5. The molecule has 0 aliphatic rings. The molecule has 0 bridgehead atoms. The molecule has 1 N–H and O–H groups in total. The van der Waals surface area contributed by atoms with E-state index in [0.29, 0.717) is 29.4 Å². The SMILES string of the molecule is CCCN(COS(C)(=O)=O)c1cc(C)nc(Oc2c(C)cc(Cl)cc2C)c1C(=O)O. The van der Waals surface area contributed by atoms with Crippen LogP contribution in [0.25, 0.3) is 0 Å². The number of pyridine rings is 1. The van der Waals surface area contributed by atoms with Crippen LogP contribution in [0.2, 0.25) is 5.02 Å². The summed E-state index contributed by atoms with van der Waals surface area (Å²) >= 11 is 6.07. The molecule has 0 fully saturated rings. The van der Waals surface area contributed by atoms with Crippen LogP contribution in [0, 0.1) is 20.8 Å². The molecule has 0 radical (unpaired) electrons. The first kappa shape index (κ1) is 23.9. The van der Waals surface area contributed by atoms with Crippen molar-refractivity contribution in [1.29, 1.82) is 0 Å². The number of aromatic carboxylic acids is 1. The van der Waals surface area contributed by atoms with E-state index in [-0.39, 0.29) is 23.9 Å². The van der Waals surface area contributed by atoms with Gasteiger partial charge in [-0.2, -0.15) is 8.42 Å². The van der Waals surface area contributed by atoms with Gasteiger partial charge in [-0.1, -0.05) is 18.5 Å². The molecule has 1 heterocycles. The Labute approximate surface area is 181 Å². The first-order chi connectivity index (χ1) is 13.9. The Balaban J connectivity index is 2.60. The monoisotopic (exact) mass is 456 g/mol. The van der Waals surface area contributed by atoms with Crippen LogP contribution >= 0.6 is 11.6 Å². The van der Waals surface area contributed by atoms with Crippen LogP contribution < -0.4 is 9.64 Å². The van der Waals surface area contributed by atoms with Crippen LogP contribution in [0.3, 0.4) is 0 Å². The Morgan fingerprint density at radius 1 is 1.20 bits per heavy atom. The molecule has 2 rings (SSSR count). The van der Waals surface area contributed by atoms with Crippen molar-refractivity contribution in [1.82, 2.24) is 4.98 Å². The summed E-state index contributed by atoms with van der Waals surface area (Å²) in [5.41, 5.74) is 2.05. The molecule has 1 aromatic carbocycles. The van der Waals surface area contributed by atoms with Gasteiger partial charge >= 0.3 is 5.97 Å². The third-order valence-corrected chi connectivity index (χ3v) is 4.94. The first-order valence-electron chi connectivity index (χ1n) is 9.21. The molecule has 8 nitrogen and oxygen atoms in total. The number of ether oxygens (including phenoxy) is 1. The van der Waals surface area contributed by atoms with E-state index >= 15 is 0 Å². The molecule has 30 heavy (non-hydrogen) atoms. The third kappa shape index (κ3) is 6.07. The highest BCUT2D eigenvalue weighted by molar-refractivity contribution is 7.85. The van der Waals surface area contributed by atoms with E-state index in [9.17, 15) is 18.3 Å². The molecular formula is C20H25ClN2O6S. The fourth-order valence-corrected chi connectivity index (χ4v) is 3.64. The number of rotatable bonds is 9. The molecule has 0 spiro atoms. The maximum Gasteiger partial charge on any atom is 0.343 e. The van der Waals surface area contributed by atoms with Crippen LogP contribution in [0.15, 0.2) is 18.2 Å². The molecule has 164 valence electrons. The molecular weight excluding hydrogens is 432 g/mol. The maximum absolute atomic E-state index is 12.2. The van der Waals surface area contributed by atoms with Crippen molar-refractivity contribution in [3.05, 3.63) is 45.6 Å². The van der Waals surface area contributed by atoms with Crippen molar-refractivity contribution in [3.63, 3.8) is 0 Å². The maximum atomic E-state index is 12.2. The fourth-order valence-electron chi connectivity index (χ4n) is 2.99. The van der Waals surface area contributed by atoms with E-state index in [2.05, 4.69) is 4.98 Å². The Kier molecular flexibility index (Phi) is 7.68. The highest BCUT2D eigenvalue weighted by Crippen LogP contribution is 2.36. The number of carbonyl (C=O) groups is 1. The molecule has 0 aliphatic heterocycles. The zero-order chi connectivity index (χ0) is 22.6. The number of carboxylic acids is 1. The van der Waals surface area contributed by atoms with Crippen LogP contribution in [0.5, 0.6) is 11.6 Å². The second-order valence-corrected chi connectivity index (χ2v) is 9.03. The van der Waals surface area contributed by atoms with Crippen molar-refractivity contribution in [2.45, 2.75) is 34.1 Å². The minimum atomic E-state index is -3.71. The van der Waals surface area contributed by atoms with Gasteiger partial charge in [0, 0.05) is 17.3 Å². The smallest absolute Gasteiger partial charge is 0.343 e. The quantitative estimate of drug-likeness (QED) is 0.439. The molecule has 0 amide bonds. The summed E-state index contributed by atoms with van der Waals surface area (Å²) in [5, 5.41) is 10.5. The molecule has 1 aromatic heterocycles. The number of hydrogen-bond donors (Lipinski definition) is 1. The number of aryl methyl sites for hydroxylation is 3. The third-order valence-electron chi connectivity index (χ3n) is 4.19. The van der Waals surface area contributed by atoms with Crippen molar-refractivity contribution in [2.24, 2.45) is 0 Å². The van der Waals surface area contributed by atoms with Crippen LogP contribution in [0.4, 0.5) is 5.69 Å². The lowest BCUT2D eigenvalue weighted by Crippen LogP contribution is -2.30. The molecule has 0 aliphatic carbocycles. The van der Waals surface area contributed by atoms with Gasteiger partial charge in [0.15, 0.2) is 0 Å². The standard InChI is InChI=1S/C20H25ClN2O6S/c1-6-7-23(11-28-30(5,26)27)16-10-14(4)22-19(17(16)20(24)25)29-18-12(2)8-15(21)9-13(18)3/h8-10H,6-7,11H2,1-5H3,(H,24,25). The van der Waals surface area contributed by atoms with Gasteiger partial charge in [-0.25, -0.2) is 14.0 Å². The summed E-state index contributed by atoms with van der Waals surface area (Å²) in [5.74, 6) is -0.885. The molecule has 0 saturated carbocycles. The van der Waals surface area contributed by atoms with Gasteiger partial charge in [-0.15, -0.1) is 0 Å². The number of aromatic nitrogens is 1. The normalized spacial score (nSPS) is 11.4. The highest BCUT2D eigenvalue weighted by Gasteiger charge is 2.25. The van der Waals surface area contributed by atoms with E-state index in [4.69, 9.17) is 20.5 Å². The van der Waals surface area contributed by atoms with E-state index in [1.807, 2.05) is 6.92 Å². The number of nitrogens with zero attached hydrogens (tertiary/aromatic N) is 2. The van der Waals surface area contributed by atoms with E-state index in [1.165, 1.54) is 4.90 Å². The molecule has 0 atom stereocenters. The molecule has 0 unspecified atom stereocenters. The van der Waals surface area contributed by atoms with Gasteiger partial charge in [-0.3, -0.25) is 0 Å². The van der Waals surface area contributed by atoms with Crippen LogP contribution in [-0.4, -0.2) is 44.0 Å². The van der Waals surface area contributed by atoms with E-state index < -0.39 is 16.1 Å². The summed E-state index contributed by atoms with van der Waals surface area (Å²) in [4.78, 5) is 18.0. The van der Waals surface area contributed by atoms with Crippen LogP contribution in [-0.2, 0) is 14.3 Å². The van der Waals surface area contributed by atoms with Gasteiger partial charge in [0.05, 0.1) is 11.9 Å². The fraction of sp³-hybridized carbons (Fsp3) is 0.400. The largest absolute Gasteiger partial charge is 0.477 e. The van der Waals surface area contributed by atoms with Gasteiger partial charge in [-0.05, 0) is 56.5 Å². The zero-order valence-corrected chi connectivity index (χ0v) is 19.1. The van der Waals surface area contributed by atoms with E-state index in [0.717, 1.165) is 17.4 Å². The number of halogens is 1. The summed E-state index contributed by atoms with van der Waals surface area (Å²) in [6, 6.07) is 4.99.